The van der Waals surface area contributed by atoms with Gasteiger partial charge in [0.2, 0.25) is 0 Å². The van der Waals surface area contributed by atoms with Crippen molar-refractivity contribution in [2.75, 3.05) is 12.1 Å². The van der Waals surface area contributed by atoms with Crippen LogP contribution in [-0.4, -0.2) is 24.5 Å². The number of carbonyl (C=O) groups is 2. The molecule has 0 aliphatic carbocycles. The molecule has 5 nitrogen and oxygen atoms in total. The molecule has 1 amide bonds. The highest BCUT2D eigenvalue weighted by Crippen LogP contribution is 2.28. The fourth-order valence-electron chi connectivity index (χ4n) is 1.85. The first kappa shape index (κ1) is 12.3. The standard InChI is InChI=1S/C13H14N2O3/c1-8-6-13(17)15(14-8)12-5-4-10(18-3)7-11(12)9(2)16/h4-5,7H,6H2,1-3H3. The van der Waals surface area contributed by atoms with Crippen LogP contribution in [0.2, 0.25) is 0 Å². The van der Waals surface area contributed by atoms with E-state index in [4.69, 9.17) is 4.74 Å². The van der Waals surface area contributed by atoms with E-state index in [1.165, 1.54) is 19.0 Å². The molecule has 0 N–H and O–H groups in total. The number of rotatable bonds is 3. The Morgan fingerprint density at radius 3 is 2.67 bits per heavy atom. The van der Waals surface area contributed by atoms with Crippen LogP contribution < -0.4 is 9.75 Å². The Balaban J connectivity index is 2.50. The van der Waals surface area contributed by atoms with E-state index in [0.717, 1.165) is 5.71 Å². The second-order valence-electron chi connectivity index (χ2n) is 4.16. The van der Waals surface area contributed by atoms with E-state index < -0.39 is 0 Å². The molecule has 0 bridgehead atoms. The summed E-state index contributed by atoms with van der Waals surface area (Å²) >= 11 is 0. The molecule has 0 saturated heterocycles. The summed E-state index contributed by atoms with van der Waals surface area (Å²) in [5.41, 5.74) is 1.68. The Kier molecular flexibility index (Phi) is 3.14. The number of Topliss-reactive ketones (excluding diaryl/α,β-unsaturated/α-hetero) is 1. The topological polar surface area (TPSA) is 59.0 Å². The second kappa shape index (κ2) is 4.60. The van der Waals surface area contributed by atoms with Crippen molar-refractivity contribution < 1.29 is 14.3 Å². The quantitative estimate of drug-likeness (QED) is 0.766. The smallest absolute Gasteiger partial charge is 0.253 e. The van der Waals surface area contributed by atoms with Crippen molar-refractivity contribution in [1.82, 2.24) is 0 Å². The molecule has 0 radical (unpaired) electrons. The number of ketones is 1. The maximum absolute atomic E-state index is 11.8. The summed E-state index contributed by atoms with van der Waals surface area (Å²) in [6.07, 6.45) is 0.295. The molecule has 1 heterocycles. The van der Waals surface area contributed by atoms with Crippen LogP contribution in [0.3, 0.4) is 0 Å². The van der Waals surface area contributed by atoms with Crippen LogP contribution in [0.4, 0.5) is 5.69 Å². The van der Waals surface area contributed by atoms with E-state index >= 15 is 0 Å². The summed E-state index contributed by atoms with van der Waals surface area (Å²) in [6, 6.07) is 5.00. The van der Waals surface area contributed by atoms with Crippen molar-refractivity contribution in [3.63, 3.8) is 0 Å². The van der Waals surface area contributed by atoms with Gasteiger partial charge in [-0.15, -0.1) is 0 Å². The highest BCUT2D eigenvalue weighted by atomic mass is 16.5. The number of anilines is 1. The van der Waals surface area contributed by atoms with Gasteiger partial charge >= 0.3 is 0 Å². The van der Waals surface area contributed by atoms with Gasteiger partial charge in [-0.1, -0.05) is 0 Å². The molecule has 0 atom stereocenters. The van der Waals surface area contributed by atoms with Crippen molar-refractivity contribution in [2.45, 2.75) is 20.3 Å². The molecule has 0 fully saturated rings. The van der Waals surface area contributed by atoms with Gasteiger partial charge in [0, 0.05) is 11.3 Å². The Hall–Kier alpha value is -2.17. The number of ether oxygens (including phenoxy) is 1. The molecule has 0 spiro atoms. The molecular formula is C13H14N2O3. The molecule has 0 unspecified atom stereocenters. The molecule has 2 rings (SSSR count). The SMILES string of the molecule is COc1ccc(N2N=C(C)CC2=O)c(C(C)=O)c1. The Bertz CT molecular complexity index is 549. The van der Waals surface area contributed by atoms with Crippen LogP contribution in [0.1, 0.15) is 30.6 Å². The molecule has 1 aliphatic rings. The Morgan fingerprint density at radius 2 is 2.17 bits per heavy atom. The number of nitrogens with zero attached hydrogens (tertiary/aromatic N) is 2. The predicted octanol–water partition coefficient (Wildman–Crippen LogP) is 2.01. The Morgan fingerprint density at radius 1 is 1.44 bits per heavy atom. The zero-order valence-electron chi connectivity index (χ0n) is 10.6. The van der Waals surface area contributed by atoms with E-state index in [0.29, 0.717) is 23.4 Å². The number of hydrogen-bond donors (Lipinski definition) is 0. The van der Waals surface area contributed by atoms with Crippen LogP contribution in [0.15, 0.2) is 23.3 Å². The minimum absolute atomic E-state index is 0.125. The molecule has 1 aromatic carbocycles. The van der Waals surface area contributed by atoms with Crippen LogP contribution in [0, 0.1) is 0 Å². The van der Waals surface area contributed by atoms with Crippen LogP contribution in [-0.2, 0) is 4.79 Å². The number of carbonyl (C=O) groups excluding carboxylic acids is 2. The number of amides is 1. The lowest BCUT2D eigenvalue weighted by atomic mass is 10.1. The van der Waals surface area contributed by atoms with Crippen molar-refractivity contribution >= 4 is 23.1 Å². The van der Waals surface area contributed by atoms with Gasteiger partial charge in [-0.2, -0.15) is 10.1 Å². The number of benzene rings is 1. The average Bonchev–Trinajstić information content (AvgIpc) is 2.67. The van der Waals surface area contributed by atoms with Crippen molar-refractivity contribution in [2.24, 2.45) is 5.10 Å². The van der Waals surface area contributed by atoms with Crippen molar-refractivity contribution in [3.05, 3.63) is 23.8 Å². The van der Waals surface area contributed by atoms with E-state index in [2.05, 4.69) is 5.10 Å². The fourth-order valence-corrected chi connectivity index (χ4v) is 1.85. The fraction of sp³-hybridized carbons (Fsp3) is 0.308. The molecule has 94 valence electrons. The summed E-state index contributed by atoms with van der Waals surface area (Å²) in [5, 5.41) is 5.43. The van der Waals surface area contributed by atoms with Gasteiger partial charge in [0.1, 0.15) is 5.75 Å². The van der Waals surface area contributed by atoms with Crippen LogP contribution >= 0.6 is 0 Å². The van der Waals surface area contributed by atoms with Gasteiger partial charge in [0.15, 0.2) is 5.78 Å². The molecular weight excluding hydrogens is 232 g/mol. The first-order valence-corrected chi connectivity index (χ1v) is 5.59. The van der Waals surface area contributed by atoms with Gasteiger partial charge in [-0.25, -0.2) is 0 Å². The van der Waals surface area contributed by atoms with Gasteiger partial charge in [0.05, 0.1) is 19.2 Å². The van der Waals surface area contributed by atoms with Gasteiger partial charge < -0.3 is 4.74 Å². The minimum atomic E-state index is -0.128. The summed E-state index contributed by atoms with van der Waals surface area (Å²) in [7, 11) is 1.53. The molecule has 5 heteroatoms. The average molecular weight is 246 g/mol. The monoisotopic (exact) mass is 246 g/mol. The largest absolute Gasteiger partial charge is 0.497 e. The summed E-state index contributed by atoms with van der Waals surface area (Å²) in [5.74, 6) is 0.327. The van der Waals surface area contributed by atoms with E-state index in [9.17, 15) is 9.59 Å². The Labute approximate surface area is 105 Å². The summed E-state index contributed by atoms with van der Waals surface area (Å²) in [4.78, 5) is 23.4. The van der Waals surface area contributed by atoms with Crippen LogP contribution in [0.5, 0.6) is 5.75 Å². The lowest BCUT2D eigenvalue weighted by molar-refractivity contribution is -0.116. The lowest BCUT2D eigenvalue weighted by Gasteiger charge is -2.15. The lowest BCUT2D eigenvalue weighted by Crippen LogP contribution is -2.21. The van der Waals surface area contributed by atoms with Gasteiger partial charge in [0.25, 0.3) is 5.91 Å². The molecule has 1 aromatic rings. The third-order valence-corrected chi connectivity index (χ3v) is 2.73. The molecule has 1 aliphatic heterocycles. The minimum Gasteiger partial charge on any atom is -0.497 e. The number of hydrazone groups is 1. The second-order valence-corrected chi connectivity index (χ2v) is 4.16. The molecule has 18 heavy (non-hydrogen) atoms. The maximum Gasteiger partial charge on any atom is 0.253 e. The maximum atomic E-state index is 11.8. The first-order valence-electron chi connectivity index (χ1n) is 5.59. The van der Waals surface area contributed by atoms with Crippen LogP contribution in [0.25, 0.3) is 0 Å². The number of methoxy groups -OCH3 is 1. The van der Waals surface area contributed by atoms with E-state index in [1.807, 2.05) is 0 Å². The predicted molar refractivity (Wildman–Crippen MR) is 68.2 cm³/mol. The van der Waals surface area contributed by atoms with E-state index in [-0.39, 0.29) is 11.7 Å². The molecule has 0 saturated carbocycles. The first-order chi connectivity index (χ1) is 8.52. The van der Waals surface area contributed by atoms with Crippen molar-refractivity contribution in [1.29, 1.82) is 0 Å². The highest BCUT2D eigenvalue weighted by molar-refractivity contribution is 6.14. The van der Waals surface area contributed by atoms with E-state index in [1.54, 1.807) is 25.1 Å². The third-order valence-electron chi connectivity index (χ3n) is 2.73. The highest BCUT2D eigenvalue weighted by Gasteiger charge is 2.26. The van der Waals surface area contributed by atoms with Gasteiger partial charge in [-0.05, 0) is 32.0 Å². The normalized spacial score (nSPS) is 14.7. The third kappa shape index (κ3) is 2.11. The zero-order chi connectivity index (χ0) is 13.3. The summed E-state index contributed by atoms with van der Waals surface area (Å²) < 4.78 is 5.08. The summed E-state index contributed by atoms with van der Waals surface area (Å²) in [6.45, 7) is 3.24. The van der Waals surface area contributed by atoms with Gasteiger partial charge in [-0.3, -0.25) is 9.59 Å². The number of hydrogen-bond acceptors (Lipinski definition) is 4. The van der Waals surface area contributed by atoms with Crippen molar-refractivity contribution in [3.8, 4) is 5.75 Å². The molecule has 0 aromatic heterocycles. The zero-order valence-corrected chi connectivity index (χ0v) is 10.6.